The molecule has 2 fully saturated rings. The van der Waals surface area contributed by atoms with Crippen molar-refractivity contribution in [2.24, 2.45) is 5.73 Å². The van der Waals surface area contributed by atoms with Gasteiger partial charge in [0.2, 0.25) is 10.0 Å². The lowest BCUT2D eigenvalue weighted by Gasteiger charge is -2.29. The molecule has 3 N–H and O–H groups in total. The fourth-order valence-corrected chi connectivity index (χ4v) is 4.17. The Morgan fingerprint density at radius 2 is 1.78 bits per heavy atom. The van der Waals surface area contributed by atoms with Gasteiger partial charge in [0.15, 0.2) is 0 Å². The van der Waals surface area contributed by atoms with Gasteiger partial charge in [0, 0.05) is 18.7 Å². The average molecular weight is 299 g/mol. The van der Waals surface area contributed by atoms with Gasteiger partial charge in [0.05, 0.1) is 11.9 Å². The topological polar surface area (TPSA) is 81.4 Å². The van der Waals surface area contributed by atoms with Crippen LogP contribution in [0.4, 0.5) is 0 Å². The predicted molar refractivity (Wildman–Crippen MR) is 73.4 cm³/mol. The molecule has 1 unspecified atom stereocenters. The highest BCUT2D eigenvalue weighted by Crippen LogP contribution is 2.20. The average Bonchev–Trinajstić information content (AvgIpc) is 2.33. The molecule has 1 atom stereocenters. The Morgan fingerprint density at radius 1 is 1.11 bits per heavy atom. The zero-order valence-electron chi connectivity index (χ0n) is 10.5. The monoisotopic (exact) mass is 298 g/mol. The number of hydrogen-bond donors (Lipinski definition) is 2. The van der Waals surface area contributed by atoms with Crippen molar-refractivity contribution >= 4 is 22.4 Å². The van der Waals surface area contributed by atoms with E-state index in [0.29, 0.717) is 19.6 Å². The number of rotatable bonds is 3. The molecule has 0 amide bonds. The largest absolute Gasteiger partial charge is 0.380 e. The molecule has 0 spiro atoms. The quantitative estimate of drug-likeness (QED) is 0.806. The van der Waals surface area contributed by atoms with Gasteiger partial charge in [-0.1, -0.05) is 0 Å². The van der Waals surface area contributed by atoms with E-state index < -0.39 is 10.0 Å². The van der Waals surface area contributed by atoms with Gasteiger partial charge in [-0.15, -0.1) is 12.4 Å². The van der Waals surface area contributed by atoms with Gasteiger partial charge >= 0.3 is 0 Å². The number of hydrogen-bond acceptors (Lipinski definition) is 4. The second-order valence-electron chi connectivity index (χ2n) is 5.11. The van der Waals surface area contributed by atoms with Crippen LogP contribution in [0.1, 0.15) is 38.5 Å². The molecule has 0 radical (unpaired) electrons. The highest BCUT2D eigenvalue weighted by Gasteiger charge is 2.31. The van der Waals surface area contributed by atoms with Crippen molar-refractivity contribution in [3.05, 3.63) is 0 Å². The fraction of sp³-hybridized carbons (Fsp3) is 1.00. The van der Waals surface area contributed by atoms with Crippen LogP contribution in [-0.2, 0) is 14.8 Å². The first-order valence-corrected chi connectivity index (χ1v) is 7.97. The molecular weight excluding hydrogens is 276 g/mol. The minimum Gasteiger partial charge on any atom is -0.380 e. The Bertz CT molecular complexity index is 336. The molecular formula is C11H23ClN2O3S. The molecule has 0 aromatic rings. The van der Waals surface area contributed by atoms with E-state index in [-0.39, 0.29) is 29.7 Å². The van der Waals surface area contributed by atoms with Gasteiger partial charge in [-0.2, -0.15) is 0 Å². The third kappa shape index (κ3) is 4.35. The standard InChI is InChI=1S/C11H22N2O3S.ClH/c12-9-3-5-10(6-4-9)13-17(14,15)11-2-1-7-16-8-11;/h9-11,13H,1-8,12H2;1H. The van der Waals surface area contributed by atoms with Crippen LogP contribution in [0, 0.1) is 0 Å². The van der Waals surface area contributed by atoms with E-state index in [1.165, 1.54) is 0 Å². The Balaban J connectivity index is 0.00000162. The van der Waals surface area contributed by atoms with E-state index in [1.807, 2.05) is 0 Å². The number of nitrogens with two attached hydrogens (primary N) is 1. The van der Waals surface area contributed by atoms with Crippen LogP contribution in [0.15, 0.2) is 0 Å². The molecule has 7 heteroatoms. The van der Waals surface area contributed by atoms with Gasteiger partial charge in [-0.3, -0.25) is 0 Å². The SMILES string of the molecule is Cl.NC1CCC(NS(=O)(=O)C2CCCOC2)CC1. The van der Waals surface area contributed by atoms with Crippen LogP contribution in [0.25, 0.3) is 0 Å². The molecule has 1 aliphatic carbocycles. The number of sulfonamides is 1. The van der Waals surface area contributed by atoms with Crippen LogP contribution in [0.5, 0.6) is 0 Å². The summed E-state index contributed by atoms with van der Waals surface area (Å²) >= 11 is 0. The van der Waals surface area contributed by atoms with Gasteiger partial charge in [0.25, 0.3) is 0 Å². The highest BCUT2D eigenvalue weighted by molar-refractivity contribution is 7.90. The van der Waals surface area contributed by atoms with Crippen LogP contribution in [0.2, 0.25) is 0 Å². The van der Waals surface area contributed by atoms with E-state index in [9.17, 15) is 8.42 Å². The van der Waals surface area contributed by atoms with E-state index >= 15 is 0 Å². The molecule has 2 aliphatic rings. The Hall–Kier alpha value is 0.120. The second kappa shape index (κ2) is 7.05. The number of halogens is 1. The van der Waals surface area contributed by atoms with Gasteiger partial charge in [0.1, 0.15) is 0 Å². The van der Waals surface area contributed by atoms with Crippen LogP contribution >= 0.6 is 12.4 Å². The Kier molecular flexibility index (Phi) is 6.34. The molecule has 5 nitrogen and oxygen atoms in total. The summed E-state index contributed by atoms with van der Waals surface area (Å²) in [6.45, 7) is 1.02. The lowest BCUT2D eigenvalue weighted by molar-refractivity contribution is 0.0986. The fourth-order valence-electron chi connectivity index (χ4n) is 2.52. The van der Waals surface area contributed by atoms with Crippen molar-refractivity contribution in [3.63, 3.8) is 0 Å². The lowest BCUT2D eigenvalue weighted by atomic mass is 9.93. The first-order valence-electron chi connectivity index (χ1n) is 6.42. The highest BCUT2D eigenvalue weighted by atomic mass is 35.5. The summed E-state index contributed by atoms with van der Waals surface area (Å²) in [5.41, 5.74) is 5.81. The second-order valence-corrected chi connectivity index (χ2v) is 7.11. The molecule has 1 saturated carbocycles. The third-order valence-corrected chi connectivity index (χ3v) is 5.57. The smallest absolute Gasteiger partial charge is 0.217 e. The van der Waals surface area contributed by atoms with E-state index in [0.717, 1.165) is 32.1 Å². The van der Waals surface area contributed by atoms with Crippen LogP contribution in [-0.4, -0.2) is 39.0 Å². The molecule has 0 bridgehead atoms. The number of ether oxygens (including phenoxy) is 1. The minimum atomic E-state index is -3.22. The molecule has 1 aliphatic heterocycles. The molecule has 1 heterocycles. The maximum Gasteiger partial charge on any atom is 0.217 e. The van der Waals surface area contributed by atoms with Crippen molar-refractivity contribution < 1.29 is 13.2 Å². The van der Waals surface area contributed by atoms with E-state index in [4.69, 9.17) is 10.5 Å². The van der Waals surface area contributed by atoms with Crippen LogP contribution < -0.4 is 10.5 Å². The molecule has 2 rings (SSSR count). The Labute approximate surface area is 115 Å². The normalized spacial score (nSPS) is 33.7. The van der Waals surface area contributed by atoms with Gasteiger partial charge in [-0.25, -0.2) is 13.1 Å². The number of nitrogens with one attached hydrogen (secondary N) is 1. The zero-order chi connectivity index (χ0) is 12.3. The molecule has 0 aromatic heterocycles. The van der Waals surface area contributed by atoms with Crippen molar-refractivity contribution in [3.8, 4) is 0 Å². The van der Waals surface area contributed by atoms with Gasteiger partial charge < -0.3 is 10.5 Å². The van der Waals surface area contributed by atoms with Crippen LogP contribution in [0.3, 0.4) is 0 Å². The molecule has 1 saturated heterocycles. The summed E-state index contributed by atoms with van der Waals surface area (Å²) in [7, 11) is -3.22. The minimum absolute atomic E-state index is 0. The lowest BCUT2D eigenvalue weighted by Crippen LogP contribution is -2.46. The zero-order valence-corrected chi connectivity index (χ0v) is 12.1. The summed E-state index contributed by atoms with van der Waals surface area (Å²) in [6.07, 6.45) is 5.08. The van der Waals surface area contributed by atoms with E-state index in [2.05, 4.69) is 4.72 Å². The third-order valence-electron chi connectivity index (χ3n) is 3.66. The van der Waals surface area contributed by atoms with Gasteiger partial charge in [-0.05, 0) is 38.5 Å². The van der Waals surface area contributed by atoms with E-state index in [1.54, 1.807) is 0 Å². The molecule has 0 aromatic carbocycles. The summed E-state index contributed by atoms with van der Waals surface area (Å²) < 4.78 is 32.3. The molecule has 18 heavy (non-hydrogen) atoms. The first-order chi connectivity index (χ1) is 8.08. The maximum absolute atomic E-state index is 12.1. The first kappa shape index (κ1) is 16.2. The summed E-state index contributed by atoms with van der Waals surface area (Å²) in [5, 5.41) is -0.369. The summed E-state index contributed by atoms with van der Waals surface area (Å²) in [6, 6.07) is 0.315. The van der Waals surface area contributed by atoms with Crippen molar-refractivity contribution in [1.29, 1.82) is 0 Å². The Morgan fingerprint density at radius 3 is 2.33 bits per heavy atom. The maximum atomic E-state index is 12.1. The molecule has 108 valence electrons. The predicted octanol–water partition coefficient (Wildman–Crippen LogP) is 0.776. The van der Waals surface area contributed by atoms with Crippen molar-refractivity contribution in [2.45, 2.75) is 55.9 Å². The van der Waals surface area contributed by atoms with Crippen molar-refractivity contribution in [1.82, 2.24) is 4.72 Å². The summed E-state index contributed by atoms with van der Waals surface area (Å²) in [4.78, 5) is 0. The van der Waals surface area contributed by atoms with Crippen molar-refractivity contribution in [2.75, 3.05) is 13.2 Å². The summed E-state index contributed by atoms with van der Waals surface area (Å²) in [5.74, 6) is 0.